The van der Waals surface area contributed by atoms with Gasteiger partial charge in [-0.15, -0.1) is 0 Å². The number of carboxylic acids is 1. The molecular formula is C11H21NO2. The quantitative estimate of drug-likeness (QED) is 0.752. The van der Waals surface area contributed by atoms with E-state index in [1.54, 1.807) is 0 Å². The van der Waals surface area contributed by atoms with Crippen molar-refractivity contribution in [3.8, 4) is 0 Å². The molecule has 3 nitrogen and oxygen atoms in total. The largest absolute Gasteiger partial charge is 0.481 e. The van der Waals surface area contributed by atoms with Crippen LogP contribution < -0.4 is 0 Å². The minimum atomic E-state index is -0.668. The van der Waals surface area contributed by atoms with E-state index in [1.807, 2.05) is 14.1 Å². The second-order valence-electron chi connectivity index (χ2n) is 4.57. The summed E-state index contributed by atoms with van der Waals surface area (Å²) in [7, 11) is 4.02. The summed E-state index contributed by atoms with van der Waals surface area (Å²) in [5.41, 5.74) is -0.0828. The topological polar surface area (TPSA) is 40.5 Å². The zero-order valence-electron chi connectivity index (χ0n) is 9.42. The molecule has 0 aromatic heterocycles. The van der Waals surface area contributed by atoms with Gasteiger partial charge in [-0.1, -0.05) is 19.8 Å². The Morgan fingerprint density at radius 2 is 2.21 bits per heavy atom. The van der Waals surface area contributed by atoms with Gasteiger partial charge in [-0.3, -0.25) is 4.79 Å². The van der Waals surface area contributed by atoms with Crippen molar-refractivity contribution in [2.45, 2.75) is 44.6 Å². The summed E-state index contributed by atoms with van der Waals surface area (Å²) in [6.07, 6.45) is 4.76. The first-order valence-electron chi connectivity index (χ1n) is 5.42. The maximum Gasteiger partial charge on any atom is 0.305 e. The highest BCUT2D eigenvalue weighted by Gasteiger charge is 2.44. The molecule has 82 valence electrons. The standard InChI is InChI=1S/C11H21NO2/c1-4-9-6-5-7-11(9,12(2)3)8-10(13)14/h9H,4-8H2,1-3H3,(H,13,14). The maximum absolute atomic E-state index is 10.9. The molecule has 0 saturated heterocycles. The molecule has 0 heterocycles. The van der Waals surface area contributed by atoms with Gasteiger partial charge in [-0.2, -0.15) is 0 Å². The molecule has 1 saturated carbocycles. The van der Waals surface area contributed by atoms with E-state index < -0.39 is 5.97 Å². The molecule has 0 bridgehead atoms. The molecule has 0 aromatic rings. The van der Waals surface area contributed by atoms with Crippen molar-refractivity contribution in [1.82, 2.24) is 4.90 Å². The normalized spacial score (nSPS) is 32.4. The van der Waals surface area contributed by atoms with E-state index in [-0.39, 0.29) is 5.54 Å². The Morgan fingerprint density at radius 1 is 1.57 bits per heavy atom. The average Bonchev–Trinajstić information content (AvgIpc) is 2.47. The van der Waals surface area contributed by atoms with Crippen LogP contribution in [0.5, 0.6) is 0 Å². The van der Waals surface area contributed by atoms with Gasteiger partial charge in [0.2, 0.25) is 0 Å². The Kier molecular flexibility index (Phi) is 3.53. The zero-order valence-corrected chi connectivity index (χ0v) is 9.42. The van der Waals surface area contributed by atoms with E-state index in [2.05, 4.69) is 11.8 Å². The summed E-state index contributed by atoms with van der Waals surface area (Å²) in [5.74, 6) is -0.118. The smallest absolute Gasteiger partial charge is 0.305 e. The molecule has 2 unspecified atom stereocenters. The first-order valence-corrected chi connectivity index (χ1v) is 5.42. The lowest BCUT2D eigenvalue weighted by molar-refractivity contribution is -0.140. The fourth-order valence-electron chi connectivity index (χ4n) is 2.95. The van der Waals surface area contributed by atoms with Gasteiger partial charge in [0.15, 0.2) is 0 Å². The first-order chi connectivity index (χ1) is 6.53. The Hall–Kier alpha value is -0.570. The van der Waals surface area contributed by atoms with Gasteiger partial charge in [0, 0.05) is 5.54 Å². The minimum absolute atomic E-state index is 0.0828. The second-order valence-corrected chi connectivity index (χ2v) is 4.57. The van der Waals surface area contributed by atoms with E-state index in [0.717, 1.165) is 12.8 Å². The number of carbonyl (C=O) groups is 1. The lowest BCUT2D eigenvalue weighted by Gasteiger charge is -2.40. The molecule has 1 N–H and O–H groups in total. The van der Waals surface area contributed by atoms with Gasteiger partial charge >= 0.3 is 5.97 Å². The van der Waals surface area contributed by atoms with E-state index in [9.17, 15) is 4.79 Å². The summed E-state index contributed by atoms with van der Waals surface area (Å²) in [4.78, 5) is 13.0. The molecule has 1 aliphatic rings. The Bertz CT molecular complexity index is 215. The highest BCUT2D eigenvalue weighted by atomic mass is 16.4. The molecule has 0 radical (unpaired) electrons. The van der Waals surface area contributed by atoms with E-state index in [4.69, 9.17) is 5.11 Å². The molecule has 0 amide bonds. The summed E-state index contributed by atoms with van der Waals surface area (Å²) in [6.45, 7) is 2.16. The maximum atomic E-state index is 10.9. The molecule has 1 aliphatic carbocycles. The Balaban J connectivity index is 2.84. The van der Waals surface area contributed by atoms with E-state index >= 15 is 0 Å². The molecule has 0 aromatic carbocycles. The van der Waals surface area contributed by atoms with Crippen molar-refractivity contribution < 1.29 is 9.90 Å². The molecule has 3 heteroatoms. The minimum Gasteiger partial charge on any atom is -0.481 e. The van der Waals surface area contributed by atoms with Gasteiger partial charge in [-0.25, -0.2) is 0 Å². The monoisotopic (exact) mass is 199 g/mol. The fourth-order valence-corrected chi connectivity index (χ4v) is 2.95. The average molecular weight is 199 g/mol. The van der Waals surface area contributed by atoms with Crippen molar-refractivity contribution >= 4 is 5.97 Å². The van der Waals surface area contributed by atoms with Crippen LogP contribution in [0.25, 0.3) is 0 Å². The Morgan fingerprint density at radius 3 is 2.64 bits per heavy atom. The molecule has 1 rings (SSSR count). The van der Waals surface area contributed by atoms with E-state index in [0.29, 0.717) is 12.3 Å². The van der Waals surface area contributed by atoms with Gasteiger partial charge in [-0.05, 0) is 32.9 Å². The van der Waals surface area contributed by atoms with Crippen LogP contribution in [0.3, 0.4) is 0 Å². The molecular weight excluding hydrogens is 178 g/mol. The number of hydrogen-bond acceptors (Lipinski definition) is 2. The number of rotatable bonds is 4. The molecule has 1 fully saturated rings. The zero-order chi connectivity index (χ0) is 10.8. The van der Waals surface area contributed by atoms with Gasteiger partial charge in [0.1, 0.15) is 0 Å². The third kappa shape index (κ3) is 1.92. The van der Waals surface area contributed by atoms with Crippen LogP contribution in [0.4, 0.5) is 0 Å². The van der Waals surface area contributed by atoms with Crippen molar-refractivity contribution in [1.29, 1.82) is 0 Å². The number of hydrogen-bond donors (Lipinski definition) is 1. The molecule has 14 heavy (non-hydrogen) atoms. The lowest BCUT2D eigenvalue weighted by Crippen LogP contribution is -2.48. The van der Waals surface area contributed by atoms with Crippen molar-refractivity contribution in [3.63, 3.8) is 0 Å². The van der Waals surface area contributed by atoms with Gasteiger partial charge < -0.3 is 10.0 Å². The van der Waals surface area contributed by atoms with Crippen molar-refractivity contribution in [3.05, 3.63) is 0 Å². The summed E-state index contributed by atoms with van der Waals surface area (Å²) in [6, 6.07) is 0. The number of nitrogens with zero attached hydrogens (tertiary/aromatic N) is 1. The fraction of sp³-hybridized carbons (Fsp3) is 0.909. The van der Waals surface area contributed by atoms with Crippen LogP contribution >= 0.6 is 0 Å². The van der Waals surface area contributed by atoms with Gasteiger partial charge in [0.05, 0.1) is 6.42 Å². The summed E-state index contributed by atoms with van der Waals surface area (Å²) in [5, 5.41) is 8.97. The van der Waals surface area contributed by atoms with Crippen molar-refractivity contribution in [2.75, 3.05) is 14.1 Å². The summed E-state index contributed by atoms with van der Waals surface area (Å²) >= 11 is 0. The van der Waals surface area contributed by atoms with Crippen LogP contribution in [0.15, 0.2) is 0 Å². The van der Waals surface area contributed by atoms with E-state index in [1.165, 1.54) is 12.8 Å². The molecule has 2 atom stereocenters. The van der Waals surface area contributed by atoms with Crippen LogP contribution in [0.1, 0.15) is 39.0 Å². The highest BCUT2D eigenvalue weighted by molar-refractivity contribution is 5.68. The second kappa shape index (κ2) is 4.30. The van der Waals surface area contributed by atoms with Crippen LogP contribution in [0, 0.1) is 5.92 Å². The van der Waals surface area contributed by atoms with Crippen LogP contribution in [-0.2, 0) is 4.79 Å². The van der Waals surface area contributed by atoms with Gasteiger partial charge in [0.25, 0.3) is 0 Å². The third-order valence-electron chi connectivity index (χ3n) is 3.76. The molecule has 0 aliphatic heterocycles. The lowest BCUT2D eigenvalue weighted by atomic mass is 9.81. The van der Waals surface area contributed by atoms with Crippen molar-refractivity contribution in [2.24, 2.45) is 5.92 Å². The predicted molar refractivity (Wildman–Crippen MR) is 56.3 cm³/mol. The first kappa shape index (κ1) is 11.5. The predicted octanol–water partition coefficient (Wildman–Crippen LogP) is 1.97. The summed E-state index contributed by atoms with van der Waals surface area (Å²) < 4.78 is 0. The molecule has 0 spiro atoms. The SMILES string of the molecule is CCC1CCCC1(CC(=O)O)N(C)C. The van der Waals surface area contributed by atoms with Crippen LogP contribution in [-0.4, -0.2) is 35.6 Å². The number of carboxylic acid groups (broad SMARTS) is 1. The third-order valence-corrected chi connectivity index (χ3v) is 3.76. The van der Waals surface area contributed by atoms with Crippen LogP contribution in [0.2, 0.25) is 0 Å². The number of aliphatic carboxylic acids is 1. The highest BCUT2D eigenvalue weighted by Crippen LogP contribution is 2.43. The Labute approximate surface area is 86.1 Å².